The molecule has 1 atom stereocenters. The molecule has 37 heavy (non-hydrogen) atoms. The third-order valence-electron chi connectivity index (χ3n) is 7.98. The zero-order valence-electron chi connectivity index (χ0n) is 22.3. The third-order valence-corrected chi connectivity index (χ3v) is 7.98. The highest BCUT2D eigenvalue weighted by atomic mass is 16.3. The summed E-state index contributed by atoms with van der Waals surface area (Å²) in [4.78, 5) is 33.4. The van der Waals surface area contributed by atoms with Crippen molar-refractivity contribution < 1.29 is 19.8 Å². The van der Waals surface area contributed by atoms with Crippen molar-refractivity contribution in [1.29, 1.82) is 0 Å². The molecule has 4 rings (SSSR count). The van der Waals surface area contributed by atoms with E-state index in [0.717, 1.165) is 31.2 Å². The molecule has 1 heterocycles. The van der Waals surface area contributed by atoms with Crippen LogP contribution >= 0.6 is 0 Å². The first-order valence-corrected chi connectivity index (χ1v) is 13.3. The molecule has 0 radical (unpaired) electrons. The van der Waals surface area contributed by atoms with Gasteiger partial charge in [-0.1, -0.05) is 45.0 Å². The fraction of sp³-hybridized carbons (Fsp3) is 0.500. The van der Waals surface area contributed by atoms with Crippen molar-refractivity contribution >= 4 is 17.5 Å². The summed E-state index contributed by atoms with van der Waals surface area (Å²) in [6.07, 6.45) is 4.07. The van der Waals surface area contributed by atoms with Crippen LogP contribution in [0.1, 0.15) is 87.3 Å². The SMILES string of the molecule is C[C@H](c1ccc(C(=O)NCCCO)cc1)N1C(=O)C(c2cccc(O)c2)=NC12CCC(C(C)(C)C)CC2. The first kappa shape index (κ1) is 26.9. The predicted octanol–water partition coefficient (Wildman–Crippen LogP) is 4.83. The molecule has 1 saturated carbocycles. The Labute approximate surface area is 219 Å². The number of rotatable bonds is 7. The smallest absolute Gasteiger partial charge is 0.275 e. The minimum Gasteiger partial charge on any atom is -0.508 e. The average Bonchev–Trinajstić information content (AvgIpc) is 3.14. The fourth-order valence-electron chi connectivity index (χ4n) is 5.73. The van der Waals surface area contributed by atoms with Gasteiger partial charge in [0, 0.05) is 24.3 Å². The van der Waals surface area contributed by atoms with Crippen LogP contribution in [0.25, 0.3) is 0 Å². The van der Waals surface area contributed by atoms with Crippen LogP contribution in [0.4, 0.5) is 0 Å². The maximum atomic E-state index is 13.9. The Morgan fingerprint density at radius 3 is 2.43 bits per heavy atom. The van der Waals surface area contributed by atoms with E-state index >= 15 is 0 Å². The number of phenolic OH excluding ortho intramolecular Hbond substituents is 1. The highest BCUT2D eigenvalue weighted by molar-refractivity contribution is 6.46. The summed E-state index contributed by atoms with van der Waals surface area (Å²) in [6.45, 7) is 9.30. The van der Waals surface area contributed by atoms with Gasteiger partial charge in [0.25, 0.3) is 11.8 Å². The molecular formula is C30H39N3O4. The van der Waals surface area contributed by atoms with Crippen LogP contribution in [0, 0.1) is 11.3 Å². The Kier molecular flexibility index (Phi) is 7.74. The number of phenols is 1. The standard InChI is InChI=1S/C30H39N3O4/c1-20(21-9-11-22(12-10-21)27(36)31-17-6-18-34)33-28(37)26(23-7-5-8-25(35)19-23)32-30(33)15-13-24(14-16-30)29(2,3)4/h5,7-12,19-20,24,34-35H,6,13-18H2,1-4H3,(H,31,36)/t20-,24?,30?/m1/s1. The Bertz CT molecular complexity index is 1160. The normalized spacial score (nSPS) is 22.7. The van der Waals surface area contributed by atoms with Crippen molar-refractivity contribution in [2.75, 3.05) is 13.2 Å². The van der Waals surface area contributed by atoms with Gasteiger partial charge < -0.3 is 20.4 Å². The maximum absolute atomic E-state index is 13.9. The molecule has 2 aromatic carbocycles. The molecule has 1 aliphatic heterocycles. The quantitative estimate of drug-likeness (QED) is 0.469. The van der Waals surface area contributed by atoms with Crippen molar-refractivity contribution in [2.24, 2.45) is 16.3 Å². The van der Waals surface area contributed by atoms with Crippen molar-refractivity contribution in [2.45, 2.75) is 71.5 Å². The summed E-state index contributed by atoms with van der Waals surface area (Å²) in [6, 6.07) is 13.9. The third kappa shape index (κ3) is 5.57. The van der Waals surface area contributed by atoms with Crippen LogP contribution in [0.5, 0.6) is 5.75 Å². The number of aliphatic hydroxyl groups excluding tert-OH is 1. The van der Waals surface area contributed by atoms with Gasteiger partial charge in [-0.15, -0.1) is 0 Å². The van der Waals surface area contributed by atoms with Gasteiger partial charge in [0.15, 0.2) is 0 Å². The number of benzene rings is 2. The Morgan fingerprint density at radius 2 is 1.84 bits per heavy atom. The predicted molar refractivity (Wildman–Crippen MR) is 145 cm³/mol. The van der Waals surface area contributed by atoms with Gasteiger partial charge in [0.05, 0.1) is 6.04 Å². The van der Waals surface area contributed by atoms with Crippen LogP contribution in [0.15, 0.2) is 53.5 Å². The van der Waals surface area contributed by atoms with E-state index in [1.54, 1.807) is 30.3 Å². The molecule has 0 saturated heterocycles. The summed E-state index contributed by atoms with van der Waals surface area (Å²) in [5, 5.41) is 21.8. The lowest BCUT2D eigenvalue weighted by molar-refractivity contribution is -0.132. The number of carbonyl (C=O) groups excluding carboxylic acids is 2. The van der Waals surface area contributed by atoms with Crippen LogP contribution in [-0.4, -0.2) is 51.5 Å². The summed E-state index contributed by atoms with van der Waals surface area (Å²) in [5.41, 5.74) is 2.08. The number of aliphatic imine (C=N–C) groups is 1. The van der Waals surface area contributed by atoms with E-state index in [0.29, 0.717) is 35.7 Å². The first-order valence-electron chi connectivity index (χ1n) is 13.3. The van der Waals surface area contributed by atoms with Gasteiger partial charge in [-0.05, 0) is 80.2 Å². The van der Waals surface area contributed by atoms with Crippen molar-refractivity contribution in [3.8, 4) is 5.75 Å². The monoisotopic (exact) mass is 505 g/mol. The van der Waals surface area contributed by atoms with E-state index in [9.17, 15) is 14.7 Å². The summed E-state index contributed by atoms with van der Waals surface area (Å²) < 4.78 is 0. The Morgan fingerprint density at radius 1 is 1.16 bits per heavy atom. The van der Waals surface area contributed by atoms with Gasteiger partial charge in [0.1, 0.15) is 17.1 Å². The van der Waals surface area contributed by atoms with E-state index in [-0.39, 0.29) is 35.6 Å². The number of hydrogen-bond donors (Lipinski definition) is 3. The second-order valence-electron chi connectivity index (χ2n) is 11.4. The van der Waals surface area contributed by atoms with Crippen LogP contribution in [0.2, 0.25) is 0 Å². The maximum Gasteiger partial charge on any atom is 0.275 e. The molecule has 1 fully saturated rings. The Hall–Kier alpha value is -3.19. The first-order chi connectivity index (χ1) is 17.6. The van der Waals surface area contributed by atoms with Gasteiger partial charge >= 0.3 is 0 Å². The molecule has 0 unspecified atom stereocenters. The topological polar surface area (TPSA) is 102 Å². The summed E-state index contributed by atoms with van der Waals surface area (Å²) in [7, 11) is 0. The average molecular weight is 506 g/mol. The molecule has 2 amide bonds. The van der Waals surface area contributed by atoms with Crippen LogP contribution in [-0.2, 0) is 4.79 Å². The second-order valence-corrected chi connectivity index (χ2v) is 11.4. The van der Waals surface area contributed by atoms with Gasteiger partial charge in [-0.2, -0.15) is 0 Å². The molecule has 2 aliphatic rings. The van der Waals surface area contributed by atoms with Crippen LogP contribution in [0.3, 0.4) is 0 Å². The molecular weight excluding hydrogens is 466 g/mol. The zero-order chi connectivity index (χ0) is 26.8. The minimum absolute atomic E-state index is 0.0332. The molecule has 2 aromatic rings. The summed E-state index contributed by atoms with van der Waals surface area (Å²) >= 11 is 0. The number of nitrogens with one attached hydrogen (secondary N) is 1. The number of hydrogen-bond acceptors (Lipinski definition) is 5. The summed E-state index contributed by atoms with van der Waals surface area (Å²) in [5.74, 6) is 0.362. The van der Waals surface area contributed by atoms with Crippen molar-refractivity contribution in [3.05, 3.63) is 65.2 Å². The van der Waals surface area contributed by atoms with E-state index < -0.39 is 5.66 Å². The zero-order valence-corrected chi connectivity index (χ0v) is 22.3. The molecule has 7 nitrogen and oxygen atoms in total. The number of carbonyl (C=O) groups is 2. The van der Waals surface area contributed by atoms with Crippen LogP contribution < -0.4 is 5.32 Å². The van der Waals surface area contributed by atoms with E-state index in [1.165, 1.54) is 0 Å². The lowest BCUT2D eigenvalue weighted by atomic mass is 9.69. The Balaban J connectivity index is 1.63. The molecule has 0 bridgehead atoms. The van der Waals surface area contributed by atoms with Crippen molar-refractivity contribution in [1.82, 2.24) is 10.2 Å². The van der Waals surface area contributed by atoms with Gasteiger partial charge in [0.2, 0.25) is 0 Å². The molecule has 1 spiro atoms. The second kappa shape index (κ2) is 10.7. The molecule has 198 valence electrons. The highest BCUT2D eigenvalue weighted by Crippen LogP contribution is 2.49. The van der Waals surface area contributed by atoms with Gasteiger partial charge in [-0.3, -0.25) is 14.6 Å². The number of amides is 2. The van der Waals surface area contributed by atoms with E-state index in [1.807, 2.05) is 30.0 Å². The van der Waals surface area contributed by atoms with E-state index in [2.05, 4.69) is 26.1 Å². The van der Waals surface area contributed by atoms with Gasteiger partial charge in [-0.25, -0.2) is 0 Å². The number of nitrogens with zero attached hydrogens (tertiary/aromatic N) is 2. The molecule has 3 N–H and O–H groups in total. The van der Waals surface area contributed by atoms with E-state index in [4.69, 9.17) is 10.1 Å². The largest absolute Gasteiger partial charge is 0.508 e. The lowest BCUT2D eigenvalue weighted by Gasteiger charge is -2.46. The molecule has 7 heteroatoms. The number of aromatic hydroxyl groups is 1. The van der Waals surface area contributed by atoms with Crippen molar-refractivity contribution in [3.63, 3.8) is 0 Å². The number of aliphatic hydroxyl groups is 1. The lowest BCUT2D eigenvalue weighted by Crippen LogP contribution is -2.50. The minimum atomic E-state index is -0.626. The molecule has 1 aliphatic carbocycles. The highest BCUT2D eigenvalue weighted by Gasteiger charge is 2.51. The molecule has 0 aromatic heterocycles. The fourth-order valence-corrected chi connectivity index (χ4v) is 5.73.